The van der Waals surface area contributed by atoms with Gasteiger partial charge in [-0.3, -0.25) is 4.98 Å². The van der Waals surface area contributed by atoms with Gasteiger partial charge in [-0.25, -0.2) is 4.39 Å². The van der Waals surface area contributed by atoms with Crippen LogP contribution in [0.2, 0.25) is 5.02 Å². The number of pyridine rings is 1. The molecule has 0 radical (unpaired) electrons. The fourth-order valence-electron chi connectivity index (χ4n) is 1.48. The Morgan fingerprint density at radius 2 is 2.06 bits per heavy atom. The van der Waals surface area contributed by atoms with E-state index in [1.807, 2.05) is 6.92 Å². The average Bonchev–Trinajstić information content (AvgIpc) is 2.23. The molecule has 1 heterocycles. The van der Waals surface area contributed by atoms with Crippen LogP contribution in [0.15, 0.2) is 30.5 Å². The molecule has 82 valence electrons. The number of phenolic OH excluding ortho intramolecular Hbond substituents is 1. The largest absolute Gasteiger partial charge is 0.507 e. The van der Waals surface area contributed by atoms with E-state index in [-0.39, 0.29) is 10.8 Å². The van der Waals surface area contributed by atoms with Gasteiger partial charge < -0.3 is 5.11 Å². The van der Waals surface area contributed by atoms with Crippen LogP contribution < -0.4 is 0 Å². The second-order valence-electron chi connectivity index (χ2n) is 3.47. The summed E-state index contributed by atoms with van der Waals surface area (Å²) in [4.78, 5) is 4.05. The van der Waals surface area contributed by atoms with Crippen LogP contribution in [0, 0.1) is 12.7 Å². The van der Waals surface area contributed by atoms with Gasteiger partial charge in [-0.05, 0) is 30.7 Å². The van der Waals surface area contributed by atoms with Gasteiger partial charge in [0.05, 0.1) is 5.02 Å². The normalized spacial score (nSPS) is 10.4. The maximum Gasteiger partial charge on any atom is 0.145 e. The Hall–Kier alpha value is -1.61. The highest BCUT2D eigenvalue weighted by molar-refractivity contribution is 6.31. The first-order valence-electron chi connectivity index (χ1n) is 4.69. The van der Waals surface area contributed by atoms with Crippen LogP contribution >= 0.6 is 11.6 Å². The molecule has 0 amide bonds. The fraction of sp³-hybridized carbons (Fsp3) is 0.0833. The van der Waals surface area contributed by atoms with Gasteiger partial charge in [0.2, 0.25) is 0 Å². The number of hydrogen-bond acceptors (Lipinski definition) is 2. The topological polar surface area (TPSA) is 33.1 Å². The molecule has 4 heteroatoms. The van der Waals surface area contributed by atoms with Crippen LogP contribution in [0.25, 0.3) is 11.1 Å². The molecule has 0 saturated heterocycles. The van der Waals surface area contributed by atoms with Crippen LogP contribution in [0.1, 0.15) is 5.69 Å². The van der Waals surface area contributed by atoms with Crippen LogP contribution in [0.3, 0.4) is 0 Å². The van der Waals surface area contributed by atoms with Gasteiger partial charge in [0.15, 0.2) is 0 Å². The molecule has 16 heavy (non-hydrogen) atoms. The van der Waals surface area contributed by atoms with E-state index in [1.54, 1.807) is 18.3 Å². The van der Waals surface area contributed by atoms with Crippen molar-refractivity contribution in [2.45, 2.75) is 6.92 Å². The molecule has 0 saturated carbocycles. The molecule has 0 aliphatic heterocycles. The molecule has 0 bridgehead atoms. The van der Waals surface area contributed by atoms with Crippen molar-refractivity contribution < 1.29 is 9.50 Å². The number of rotatable bonds is 1. The number of halogens is 2. The number of phenols is 1. The third-order valence-electron chi connectivity index (χ3n) is 2.25. The zero-order valence-corrected chi connectivity index (χ0v) is 9.29. The summed E-state index contributed by atoms with van der Waals surface area (Å²) in [6.45, 7) is 1.84. The molecule has 2 nitrogen and oxygen atoms in total. The minimum Gasteiger partial charge on any atom is -0.507 e. The molecule has 0 aliphatic carbocycles. The summed E-state index contributed by atoms with van der Waals surface area (Å²) < 4.78 is 13.1. The summed E-state index contributed by atoms with van der Waals surface area (Å²) in [5.41, 5.74) is 2.07. The Bertz CT molecular complexity index is 543. The molecule has 2 rings (SSSR count). The van der Waals surface area contributed by atoms with E-state index in [0.29, 0.717) is 5.56 Å². The van der Waals surface area contributed by atoms with E-state index in [0.717, 1.165) is 17.3 Å². The molecule has 2 aromatic rings. The number of nitrogens with zero attached hydrogens (tertiary/aromatic N) is 1. The lowest BCUT2D eigenvalue weighted by Gasteiger charge is -2.06. The lowest BCUT2D eigenvalue weighted by Crippen LogP contribution is -1.86. The number of aryl methyl sites for hydroxylation is 1. The number of hydrogen-bond donors (Lipinski definition) is 1. The van der Waals surface area contributed by atoms with E-state index in [9.17, 15) is 9.50 Å². The second kappa shape index (κ2) is 4.10. The molecular weight excluding hydrogens is 229 g/mol. The van der Waals surface area contributed by atoms with Crippen molar-refractivity contribution in [1.82, 2.24) is 4.98 Å². The van der Waals surface area contributed by atoms with Gasteiger partial charge in [-0.1, -0.05) is 11.6 Å². The number of benzene rings is 1. The highest BCUT2D eigenvalue weighted by atomic mass is 35.5. The SMILES string of the molecule is Cc1cc(-c2cc(Cl)c(F)cc2O)ccn1. The smallest absolute Gasteiger partial charge is 0.145 e. The Labute approximate surface area is 97.3 Å². The van der Waals surface area contributed by atoms with Crippen molar-refractivity contribution in [2.24, 2.45) is 0 Å². The second-order valence-corrected chi connectivity index (χ2v) is 3.88. The van der Waals surface area contributed by atoms with E-state index >= 15 is 0 Å². The summed E-state index contributed by atoms with van der Waals surface area (Å²) in [6, 6.07) is 5.94. The highest BCUT2D eigenvalue weighted by Gasteiger charge is 2.09. The Kier molecular flexibility index (Phi) is 2.79. The van der Waals surface area contributed by atoms with Crippen LogP contribution in [-0.4, -0.2) is 10.1 Å². The van der Waals surface area contributed by atoms with Crippen molar-refractivity contribution in [3.8, 4) is 16.9 Å². The molecule has 0 spiro atoms. The molecule has 0 unspecified atom stereocenters. The fourth-order valence-corrected chi connectivity index (χ4v) is 1.64. The van der Waals surface area contributed by atoms with Crippen molar-refractivity contribution in [3.05, 3.63) is 47.0 Å². The minimum atomic E-state index is -0.631. The van der Waals surface area contributed by atoms with Gasteiger partial charge >= 0.3 is 0 Å². The zero-order valence-electron chi connectivity index (χ0n) is 8.54. The third kappa shape index (κ3) is 1.99. The predicted molar refractivity (Wildman–Crippen MR) is 61.0 cm³/mol. The van der Waals surface area contributed by atoms with Gasteiger partial charge in [-0.15, -0.1) is 0 Å². The quantitative estimate of drug-likeness (QED) is 0.823. The zero-order chi connectivity index (χ0) is 11.7. The van der Waals surface area contributed by atoms with Gasteiger partial charge in [0.25, 0.3) is 0 Å². The molecule has 0 aliphatic rings. The minimum absolute atomic E-state index is 0.0118. The first-order chi connectivity index (χ1) is 7.58. The van der Waals surface area contributed by atoms with E-state index in [2.05, 4.69) is 4.98 Å². The maximum absolute atomic E-state index is 13.1. The summed E-state index contributed by atoms with van der Waals surface area (Å²) in [6.07, 6.45) is 1.63. The molecule has 1 aromatic heterocycles. The summed E-state index contributed by atoms with van der Waals surface area (Å²) in [5.74, 6) is -0.763. The first-order valence-corrected chi connectivity index (χ1v) is 5.07. The van der Waals surface area contributed by atoms with Crippen LogP contribution in [0.4, 0.5) is 4.39 Å². The number of aromatic nitrogens is 1. The molecule has 1 N–H and O–H groups in total. The Balaban J connectivity index is 2.60. The summed E-state index contributed by atoms with van der Waals surface area (Å²) in [7, 11) is 0. The molecular formula is C12H9ClFNO. The summed E-state index contributed by atoms with van der Waals surface area (Å²) >= 11 is 5.67. The van der Waals surface area contributed by atoms with Crippen molar-refractivity contribution in [1.29, 1.82) is 0 Å². The summed E-state index contributed by atoms with van der Waals surface area (Å²) in [5, 5.41) is 9.63. The van der Waals surface area contributed by atoms with E-state index in [4.69, 9.17) is 11.6 Å². The average molecular weight is 238 g/mol. The monoisotopic (exact) mass is 237 g/mol. The van der Waals surface area contributed by atoms with Crippen molar-refractivity contribution in [2.75, 3.05) is 0 Å². The maximum atomic E-state index is 13.1. The molecule has 0 atom stereocenters. The van der Waals surface area contributed by atoms with Crippen LogP contribution in [0.5, 0.6) is 5.75 Å². The molecule has 0 fully saturated rings. The van der Waals surface area contributed by atoms with Gasteiger partial charge in [-0.2, -0.15) is 0 Å². The lowest BCUT2D eigenvalue weighted by molar-refractivity contribution is 0.471. The highest BCUT2D eigenvalue weighted by Crippen LogP contribution is 2.33. The predicted octanol–water partition coefficient (Wildman–Crippen LogP) is 3.56. The molecule has 1 aromatic carbocycles. The third-order valence-corrected chi connectivity index (χ3v) is 2.54. The van der Waals surface area contributed by atoms with Gasteiger partial charge in [0.1, 0.15) is 11.6 Å². The van der Waals surface area contributed by atoms with Gasteiger partial charge in [0, 0.05) is 23.5 Å². The van der Waals surface area contributed by atoms with Crippen LogP contribution in [-0.2, 0) is 0 Å². The number of aromatic hydroxyl groups is 1. The Morgan fingerprint density at radius 1 is 1.31 bits per heavy atom. The first kappa shape index (κ1) is 10.9. The van der Waals surface area contributed by atoms with Crippen molar-refractivity contribution >= 4 is 11.6 Å². The van der Waals surface area contributed by atoms with Crippen molar-refractivity contribution in [3.63, 3.8) is 0 Å². The standard InChI is InChI=1S/C12H9ClFNO/c1-7-4-8(2-3-15-7)9-5-10(13)11(14)6-12(9)16/h2-6,16H,1H3. The Morgan fingerprint density at radius 3 is 2.75 bits per heavy atom. The van der Waals surface area contributed by atoms with E-state index in [1.165, 1.54) is 6.07 Å². The lowest BCUT2D eigenvalue weighted by atomic mass is 10.1. The van der Waals surface area contributed by atoms with E-state index < -0.39 is 5.82 Å².